The Labute approximate surface area is 165 Å². The maximum absolute atomic E-state index is 13.4. The molecule has 0 radical (unpaired) electrons. The zero-order valence-electron chi connectivity index (χ0n) is 14.8. The zero-order valence-corrected chi connectivity index (χ0v) is 15.6. The molecule has 29 heavy (non-hydrogen) atoms. The first-order valence-electron chi connectivity index (χ1n) is 8.19. The monoisotopic (exact) mass is 428 g/mol. The average Bonchev–Trinajstić information content (AvgIpc) is 3.12. The van der Waals surface area contributed by atoms with Gasteiger partial charge in [0.1, 0.15) is 5.01 Å². The van der Waals surface area contributed by atoms with Crippen LogP contribution in [-0.2, 0) is 18.5 Å². The van der Waals surface area contributed by atoms with E-state index in [-0.39, 0.29) is 28.1 Å². The number of aromatic nitrogens is 2. The molecule has 1 N–H and O–H groups in total. The molecule has 3 aromatic rings. The smallest absolute Gasteiger partial charge is 0.445 e. The van der Waals surface area contributed by atoms with E-state index in [4.69, 9.17) is 0 Å². The minimum Gasteiger partial charge on any atom is -0.478 e. The molecule has 0 fully saturated rings. The van der Waals surface area contributed by atoms with Crippen molar-refractivity contribution in [2.45, 2.75) is 25.4 Å². The predicted molar refractivity (Wildman–Crippen MR) is 96.1 cm³/mol. The van der Waals surface area contributed by atoms with E-state index in [1.165, 1.54) is 42.5 Å². The number of nitrogens with zero attached hydrogens (tertiary/aromatic N) is 2. The molecule has 1 aromatic heterocycles. The molecule has 0 aliphatic heterocycles. The molecule has 0 bridgehead atoms. The summed E-state index contributed by atoms with van der Waals surface area (Å²) >= 11 is 0.305. The molecule has 10 heteroatoms. The molecule has 0 aliphatic rings. The second-order valence-electron chi connectivity index (χ2n) is 6.35. The Morgan fingerprint density at radius 1 is 1.03 bits per heavy atom. The normalized spacial score (nSPS) is 12.2. The van der Waals surface area contributed by atoms with Gasteiger partial charge in [0.2, 0.25) is 5.01 Å². The van der Waals surface area contributed by atoms with Crippen molar-refractivity contribution in [1.82, 2.24) is 10.2 Å². The van der Waals surface area contributed by atoms with Crippen LogP contribution in [-0.4, -0.2) is 21.3 Å². The number of carboxylic acids is 1. The SMILES string of the molecule is CC(F)(F)c1ccc(Cc2ccc(C(=O)O)cc2-c2nnc(C(F)(F)F)s2)cc1. The van der Waals surface area contributed by atoms with Gasteiger partial charge in [-0.05, 0) is 29.7 Å². The molecule has 0 spiro atoms. The number of hydrogen-bond acceptors (Lipinski definition) is 4. The van der Waals surface area contributed by atoms with Gasteiger partial charge in [0, 0.05) is 18.1 Å². The second kappa shape index (κ2) is 7.51. The lowest BCUT2D eigenvalue weighted by Crippen LogP contribution is -2.06. The van der Waals surface area contributed by atoms with Crippen LogP contribution in [0, 0.1) is 0 Å². The van der Waals surface area contributed by atoms with Crippen molar-refractivity contribution in [3.63, 3.8) is 0 Å². The Morgan fingerprint density at radius 2 is 1.69 bits per heavy atom. The summed E-state index contributed by atoms with van der Waals surface area (Å²) in [6.07, 6.45) is -4.48. The van der Waals surface area contributed by atoms with Crippen LogP contribution in [0.15, 0.2) is 42.5 Å². The van der Waals surface area contributed by atoms with Crippen molar-refractivity contribution < 1.29 is 31.9 Å². The maximum atomic E-state index is 13.4. The van der Waals surface area contributed by atoms with Crippen LogP contribution < -0.4 is 0 Å². The van der Waals surface area contributed by atoms with Crippen molar-refractivity contribution in [3.8, 4) is 10.6 Å². The van der Waals surface area contributed by atoms with Crippen LogP contribution in [0.4, 0.5) is 22.0 Å². The fourth-order valence-corrected chi connectivity index (χ4v) is 3.41. The van der Waals surface area contributed by atoms with Gasteiger partial charge in [0.05, 0.1) is 5.56 Å². The topological polar surface area (TPSA) is 63.1 Å². The van der Waals surface area contributed by atoms with Gasteiger partial charge < -0.3 is 5.11 Å². The van der Waals surface area contributed by atoms with Crippen LogP contribution in [0.25, 0.3) is 10.6 Å². The van der Waals surface area contributed by atoms with E-state index in [0.717, 1.165) is 6.92 Å². The zero-order chi connectivity index (χ0) is 21.4. The highest BCUT2D eigenvalue weighted by molar-refractivity contribution is 7.14. The molecule has 0 atom stereocenters. The summed E-state index contributed by atoms with van der Waals surface area (Å²) in [7, 11) is 0. The highest BCUT2D eigenvalue weighted by atomic mass is 32.1. The van der Waals surface area contributed by atoms with Gasteiger partial charge in [-0.3, -0.25) is 0 Å². The third-order valence-corrected chi connectivity index (χ3v) is 5.11. The lowest BCUT2D eigenvalue weighted by Gasteiger charge is -2.12. The van der Waals surface area contributed by atoms with Crippen LogP contribution in [0.1, 0.15) is 39.0 Å². The Bertz CT molecular complexity index is 1040. The molecule has 3 rings (SSSR count). The van der Waals surface area contributed by atoms with Crippen molar-refractivity contribution >= 4 is 17.3 Å². The van der Waals surface area contributed by atoms with Gasteiger partial charge in [-0.15, -0.1) is 10.2 Å². The molecule has 152 valence electrons. The van der Waals surface area contributed by atoms with Gasteiger partial charge in [-0.25, -0.2) is 13.6 Å². The van der Waals surface area contributed by atoms with Crippen LogP contribution in [0.5, 0.6) is 0 Å². The van der Waals surface area contributed by atoms with Gasteiger partial charge in [0.25, 0.3) is 5.92 Å². The average molecular weight is 428 g/mol. The summed E-state index contributed by atoms with van der Waals surface area (Å²) in [6.45, 7) is 0.776. The molecule has 1 heterocycles. The lowest BCUT2D eigenvalue weighted by atomic mass is 9.97. The summed E-state index contributed by atoms with van der Waals surface area (Å²) in [6, 6.07) is 9.54. The van der Waals surface area contributed by atoms with Crippen LogP contribution in [0.2, 0.25) is 0 Å². The van der Waals surface area contributed by atoms with E-state index in [9.17, 15) is 31.9 Å². The first-order valence-corrected chi connectivity index (χ1v) is 9.01. The summed E-state index contributed by atoms with van der Waals surface area (Å²) < 4.78 is 65.3. The first kappa shape index (κ1) is 20.8. The molecule has 0 unspecified atom stereocenters. The Morgan fingerprint density at radius 3 is 2.21 bits per heavy atom. The summed E-state index contributed by atoms with van der Waals surface area (Å²) in [4.78, 5) is 11.3. The third kappa shape index (κ3) is 4.76. The van der Waals surface area contributed by atoms with E-state index in [0.29, 0.717) is 22.5 Å². The fourth-order valence-electron chi connectivity index (χ4n) is 2.64. The van der Waals surface area contributed by atoms with Crippen LogP contribution in [0.3, 0.4) is 0 Å². The van der Waals surface area contributed by atoms with Gasteiger partial charge >= 0.3 is 12.1 Å². The molecule has 0 saturated carbocycles. The predicted octanol–water partition coefficient (Wildman–Crippen LogP) is 5.62. The molecule has 0 saturated heterocycles. The van der Waals surface area contributed by atoms with E-state index in [1.54, 1.807) is 0 Å². The third-order valence-electron chi connectivity index (χ3n) is 4.11. The number of carbonyl (C=O) groups is 1. The number of carboxylic acid groups (broad SMARTS) is 1. The summed E-state index contributed by atoms with van der Waals surface area (Å²) in [5.74, 6) is -4.24. The van der Waals surface area contributed by atoms with E-state index in [1.807, 2.05) is 0 Å². The molecular formula is C19H13F5N2O2S. The maximum Gasteiger partial charge on any atom is 0.445 e. The highest BCUT2D eigenvalue weighted by Gasteiger charge is 2.36. The molecule has 0 amide bonds. The highest BCUT2D eigenvalue weighted by Crippen LogP contribution is 2.37. The Hall–Kier alpha value is -2.88. The molecule has 4 nitrogen and oxygen atoms in total. The minimum absolute atomic E-state index is 0.0767. The van der Waals surface area contributed by atoms with E-state index in [2.05, 4.69) is 10.2 Å². The number of hydrogen-bond donors (Lipinski definition) is 1. The lowest BCUT2D eigenvalue weighted by molar-refractivity contribution is -0.138. The number of rotatable bonds is 5. The number of benzene rings is 2. The minimum atomic E-state index is -4.66. The van der Waals surface area contributed by atoms with Crippen LogP contribution >= 0.6 is 11.3 Å². The van der Waals surface area contributed by atoms with Gasteiger partial charge in [-0.2, -0.15) is 13.2 Å². The first-order chi connectivity index (χ1) is 13.4. The number of halogens is 5. The van der Waals surface area contributed by atoms with Crippen molar-refractivity contribution in [2.75, 3.05) is 0 Å². The second-order valence-corrected chi connectivity index (χ2v) is 7.33. The molecular weight excluding hydrogens is 415 g/mol. The number of alkyl halides is 5. The van der Waals surface area contributed by atoms with Crippen molar-refractivity contribution in [2.24, 2.45) is 0 Å². The van der Waals surface area contributed by atoms with E-state index < -0.39 is 23.1 Å². The van der Waals surface area contributed by atoms with E-state index >= 15 is 0 Å². The molecule has 2 aromatic carbocycles. The summed E-state index contributed by atoms with van der Waals surface area (Å²) in [5, 5.41) is 14.7. The Balaban J connectivity index is 2.00. The van der Waals surface area contributed by atoms with Gasteiger partial charge in [-0.1, -0.05) is 41.7 Å². The summed E-state index contributed by atoms with van der Waals surface area (Å²) in [5.41, 5.74) is 1.04. The number of aromatic carboxylic acids is 1. The Kier molecular flexibility index (Phi) is 5.40. The fraction of sp³-hybridized carbons (Fsp3) is 0.211. The quantitative estimate of drug-likeness (QED) is 0.536. The van der Waals surface area contributed by atoms with Crippen molar-refractivity contribution in [3.05, 3.63) is 69.7 Å². The van der Waals surface area contributed by atoms with Crippen molar-refractivity contribution in [1.29, 1.82) is 0 Å². The standard InChI is InChI=1S/C19H13F5N2O2S/c1-18(20,21)13-6-2-10(3-7-13)8-11-4-5-12(16(27)28)9-14(11)15-25-26-17(29-15)19(22,23)24/h2-7,9H,8H2,1H3,(H,27,28). The molecule has 0 aliphatic carbocycles. The largest absolute Gasteiger partial charge is 0.478 e. The van der Waals surface area contributed by atoms with Gasteiger partial charge in [0.15, 0.2) is 0 Å².